The van der Waals surface area contributed by atoms with E-state index < -0.39 is 5.97 Å². The van der Waals surface area contributed by atoms with Gasteiger partial charge in [-0.1, -0.05) is 5.16 Å². The number of aromatic nitrogens is 1. The van der Waals surface area contributed by atoms with E-state index in [4.69, 9.17) is 19.1 Å². The lowest BCUT2D eigenvalue weighted by Crippen LogP contribution is -1.92. The molecule has 0 aliphatic rings. The normalized spacial score (nSPS) is 10.1. The average molecular weight is 249 g/mol. The summed E-state index contributed by atoms with van der Waals surface area (Å²) in [5, 5.41) is 12.5. The molecular formula is C12H11NO5. The zero-order chi connectivity index (χ0) is 13.1. The first-order chi connectivity index (χ1) is 8.65. The fourth-order valence-corrected chi connectivity index (χ4v) is 1.51. The highest BCUT2D eigenvalue weighted by atomic mass is 16.5. The highest BCUT2D eigenvalue weighted by molar-refractivity contribution is 5.86. The molecule has 18 heavy (non-hydrogen) atoms. The van der Waals surface area contributed by atoms with E-state index >= 15 is 0 Å². The van der Waals surface area contributed by atoms with Gasteiger partial charge in [0.05, 0.1) is 14.2 Å². The number of hydrogen-bond acceptors (Lipinski definition) is 5. The maximum atomic E-state index is 10.7. The Morgan fingerprint density at radius 1 is 1.28 bits per heavy atom. The van der Waals surface area contributed by atoms with Gasteiger partial charge in [-0.25, -0.2) is 4.79 Å². The van der Waals surface area contributed by atoms with Crippen molar-refractivity contribution >= 4 is 5.97 Å². The Hall–Kier alpha value is -2.50. The number of carbonyl (C=O) groups is 1. The Morgan fingerprint density at radius 3 is 2.61 bits per heavy atom. The zero-order valence-corrected chi connectivity index (χ0v) is 9.84. The summed E-state index contributed by atoms with van der Waals surface area (Å²) in [7, 11) is 3.06. The van der Waals surface area contributed by atoms with E-state index in [1.165, 1.54) is 13.2 Å². The van der Waals surface area contributed by atoms with Crippen molar-refractivity contribution in [2.75, 3.05) is 14.2 Å². The Balaban J connectivity index is 2.45. The van der Waals surface area contributed by atoms with Gasteiger partial charge < -0.3 is 19.1 Å². The summed E-state index contributed by atoms with van der Waals surface area (Å²) < 4.78 is 15.0. The van der Waals surface area contributed by atoms with Crippen molar-refractivity contribution in [1.29, 1.82) is 0 Å². The van der Waals surface area contributed by atoms with E-state index in [-0.39, 0.29) is 5.76 Å². The molecular weight excluding hydrogens is 238 g/mol. The molecule has 0 amide bonds. The van der Waals surface area contributed by atoms with E-state index in [1.54, 1.807) is 25.3 Å². The SMILES string of the molecule is COc1ccc(-c2cc(C(=O)O)on2)c(OC)c1. The van der Waals surface area contributed by atoms with E-state index in [1.807, 2.05) is 0 Å². The molecule has 1 heterocycles. The monoisotopic (exact) mass is 249 g/mol. The third-order valence-electron chi connectivity index (χ3n) is 2.41. The van der Waals surface area contributed by atoms with Gasteiger partial charge in [0.25, 0.3) is 0 Å². The molecule has 1 aromatic carbocycles. The summed E-state index contributed by atoms with van der Waals surface area (Å²) in [6.45, 7) is 0. The molecule has 0 fully saturated rings. The van der Waals surface area contributed by atoms with Crippen molar-refractivity contribution in [2.45, 2.75) is 0 Å². The molecule has 2 rings (SSSR count). The minimum Gasteiger partial charge on any atom is -0.497 e. The van der Waals surface area contributed by atoms with E-state index in [2.05, 4.69) is 5.16 Å². The van der Waals surface area contributed by atoms with Crippen LogP contribution in [0, 0.1) is 0 Å². The number of carboxylic acids is 1. The fraction of sp³-hybridized carbons (Fsp3) is 0.167. The molecule has 0 spiro atoms. The van der Waals surface area contributed by atoms with Crippen LogP contribution in [0.25, 0.3) is 11.3 Å². The Labute approximate surface area is 103 Å². The number of benzene rings is 1. The molecule has 0 aliphatic heterocycles. The van der Waals surface area contributed by atoms with E-state index in [0.717, 1.165) is 0 Å². The number of methoxy groups -OCH3 is 2. The number of rotatable bonds is 4. The number of ether oxygens (including phenoxy) is 2. The second-order valence-corrected chi connectivity index (χ2v) is 3.45. The molecule has 0 saturated carbocycles. The molecule has 94 valence electrons. The summed E-state index contributed by atoms with van der Waals surface area (Å²) in [6, 6.07) is 6.48. The lowest BCUT2D eigenvalue weighted by Gasteiger charge is -2.07. The first-order valence-electron chi connectivity index (χ1n) is 5.08. The predicted molar refractivity (Wildman–Crippen MR) is 62.0 cm³/mol. The Kier molecular flexibility index (Phi) is 3.18. The van der Waals surface area contributed by atoms with Gasteiger partial charge in [0.2, 0.25) is 5.76 Å². The fourth-order valence-electron chi connectivity index (χ4n) is 1.51. The summed E-state index contributed by atoms with van der Waals surface area (Å²) in [6.07, 6.45) is 0. The van der Waals surface area contributed by atoms with Crippen LogP contribution in [0.15, 0.2) is 28.8 Å². The highest BCUT2D eigenvalue weighted by Gasteiger charge is 2.15. The van der Waals surface area contributed by atoms with Crippen LogP contribution in [-0.4, -0.2) is 30.5 Å². The topological polar surface area (TPSA) is 81.8 Å². The van der Waals surface area contributed by atoms with Crippen molar-refractivity contribution in [3.63, 3.8) is 0 Å². The summed E-state index contributed by atoms with van der Waals surface area (Å²) in [4.78, 5) is 10.7. The molecule has 1 N–H and O–H groups in total. The lowest BCUT2D eigenvalue weighted by atomic mass is 10.1. The minimum absolute atomic E-state index is 0.220. The second kappa shape index (κ2) is 4.79. The van der Waals surface area contributed by atoms with Gasteiger partial charge in [-0.3, -0.25) is 0 Å². The van der Waals surface area contributed by atoms with Crippen LogP contribution >= 0.6 is 0 Å². The van der Waals surface area contributed by atoms with Gasteiger partial charge >= 0.3 is 5.97 Å². The quantitative estimate of drug-likeness (QED) is 0.893. The average Bonchev–Trinajstić information content (AvgIpc) is 2.87. The van der Waals surface area contributed by atoms with Crippen LogP contribution in [0.4, 0.5) is 0 Å². The molecule has 0 atom stereocenters. The van der Waals surface area contributed by atoms with Crippen molar-refractivity contribution < 1.29 is 23.9 Å². The molecule has 0 unspecified atom stereocenters. The molecule has 2 aromatic rings. The number of aromatic carboxylic acids is 1. The molecule has 6 heteroatoms. The zero-order valence-electron chi connectivity index (χ0n) is 9.84. The number of carboxylic acid groups (broad SMARTS) is 1. The largest absolute Gasteiger partial charge is 0.497 e. The van der Waals surface area contributed by atoms with E-state index in [0.29, 0.717) is 22.8 Å². The van der Waals surface area contributed by atoms with Crippen LogP contribution in [0.2, 0.25) is 0 Å². The van der Waals surface area contributed by atoms with Crippen molar-refractivity contribution in [2.24, 2.45) is 0 Å². The first-order valence-corrected chi connectivity index (χ1v) is 5.08. The van der Waals surface area contributed by atoms with E-state index in [9.17, 15) is 4.79 Å². The predicted octanol–water partition coefficient (Wildman–Crippen LogP) is 2.06. The molecule has 0 radical (unpaired) electrons. The highest BCUT2D eigenvalue weighted by Crippen LogP contribution is 2.32. The molecule has 0 saturated heterocycles. The Morgan fingerprint density at radius 2 is 2.06 bits per heavy atom. The minimum atomic E-state index is -1.17. The summed E-state index contributed by atoms with van der Waals surface area (Å²) in [5.74, 6) is -0.221. The summed E-state index contributed by atoms with van der Waals surface area (Å²) in [5.41, 5.74) is 1.03. The standard InChI is InChI=1S/C12H11NO5/c1-16-7-3-4-8(10(5-7)17-2)9-6-11(12(14)15)18-13-9/h3-6H,1-2H3,(H,14,15). The van der Waals surface area contributed by atoms with Gasteiger partial charge in [-0.15, -0.1) is 0 Å². The second-order valence-electron chi connectivity index (χ2n) is 3.45. The van der Waals surface area contributed by atoms with Gasteiger partial charge in [0.15, 0.2) is 0 Å². The van der Waals surface area contributed by atoms with Crippen LogP contribution < -0.4 is 9.47 Å². The Bertz CT molecular complexity index is 576. The molecule has 1 aromatic heterocycles. The molecule has 0 bridgehead atoms. The van der Waals surface area contributed by atoms with Crippen LogP contribution in [0.3, 0.4) is 0 Å². The van der Waals surface area contributed by atoms with Crippen molar-refractivity contribution in [3.05, 3.63) is 30.0 Å². The molecule has 0 aliphatic carbocycles. The van der Waals surface area contributed by atoms with Crippen molar-refractivity contribution in [1.82, 2.24) is 5.16 Å². The number of hydrogen-bond donors (Lipinski definition) is 1. The van der Waals surface area contributed by atoms with Gasteiger partial charge in [-0.2, -0.15) is 0 Å². The van der Waals surface area contributed by atoms with Crippen LogP contribution in [0.5, 0.6) is 11.5 Å². The van der Waals surface area contributed by atoms with Gasteiger partial charge in [-0.05, 0) is 12.1 Å². The van der Waals surface area contributed by atoms with Crippen LogP contribution in [0.1, 0.15) is 10.6 Å². The van der Waals surface area contributed by atoms with Crippen LogP contribution in [-0.2, 0) is 0 Å². The third kappa shape index (κ3) is 2.13. The lowest BCUT2D eigenvalue weighted by molar-refractivity contribution is 0.0652. The third-order valence-corrected chi connectivity index (χ3v) is 2.41. The number of nitrogens with zero attached hydrogens (tertiary/aromatic N) is 1. The maximum Gasteiger partial charge on any atom is 0.374 e. The first kappa shape index (κ1) is 12.0. The maximum absolute atomic E-state index is 10.7. The smallest absolute Gasteiger partial charge is 0.374 e. The van der Waals surface area contributed by atoms with Gasteiger partial charge in [0, 0.05) is 17.7 Å². The molecule has 6 nitrogen and oxygen atoms in total. The van der Waals surface area contributed by atoms with Crippen molar-refractivity contribution in [3.8, 4) is 22.8 Å². The van der Waals surface area contributed by atoms with Gasteiger partial charge in [0.1, 0.15) is 17.2 Å². The summed E-state index contributed by atoms with van der Waals surface area (Å²) >= 11 is 0.